The Balaban J connectivity index is 2.01. The van der Waals surface area contributed by atoms with Crippen molar-refractivity contribution >= 4 is 22.9 Å². The molecule has 0 aliphatic heterocycles. The zero-order valence-electron chi connectivity index (χ0n) is 11.2. The molecule has 0 fully saturated rings. The van der Waals surface area contributed by atoms with Gasteiger partial charge in [-0.1, -0.05) is 11.6 Å². The highest BCUT2D eigenvalue weighted by Gasteiger charge is 2.24. The van der Waals surface area contributed by atoms with E-state index >= 15 is 0 Å². The van der Waals surface area contributed by atoms with Crippen molar-refractivity contribution in [3.8, 4) is 0 Å². The highest BCUT2D eigenvalue weighted by molar-refractivity contribution is 7.12. The molecule has 0 amide bonds. The van der Waals surface area contributed by atoms with E-state index in [9.17, 15) is 0 Å². The fourth-order valence-electron chi connectivity index (χ4n) is 2.82. The lowest BCUT2D eigenvalue weighted by atomic mass is 10.1. The molecule has 1 aliphatic carbocycles. The van der Waals surface area contributed by atoms with Gasteiger partial charge in [0, 0.05) is 16.3 Å². The van der Waals surface area contributed by atoms with Crippen molar-refractivity contribution in [2.24, 2.45) is 0 Å². The van der Waals surface area contributed by atoms with E-state index in [0.717, 1.165) is 17.3 Å². The third kappa shape index (κ3) is 2.22. The Morgan fingerprint density at radius 3 is 3.05 bits per heavy atom. The maximum Gasteiger partial charge on any atom is 0.0854 e. The average molecular weight is 296 g/mol. The molecule has 2 aromatic heterocycles. The summed E-state index contributed by atoms with van der Waals surface area (Å²) < 4.78 is 1.98. The Kier molecular flexibility index (Phi) is 3.65. The van der Waals surface area contributed by atoms with Crippen LogP contribution in [0.1, 0.15) is 40.4 Å². The van der Waals surface area contributed by atoms with Gasteiger partial charge in [-0.25, -0.2) is 0 Å². The maximum atomic E-state index is 6.32. The second-order valence-electron chi connectivity index (χ2n) is 4.87. The molecule has 1 N–H and O–H groups in total. The van der Waals surface area contributed by atoms with Crippen LogP contribution in [0.3, 0.4) is 0 Å². The van der Waals surface area contributed by atoms with Crippen molar-refractivity contribution in [2.45, 2.75) is 38.8 Å². The van der Waals surface area contributed by atoms with E-state index in [-0.39, 0.29) is 6.04 Å². The van der Waals surface area contributed by atoms with Gasteiger partial charge < -0.3 is 5.32 Å². The Bertz CT molecular complexity index is 566. The van der Waals surface area contributed by atoms with Gasteiger partial charge in [0.15, 0.2) is 0 Å². The molecule has 1 atom stereocenters. The minimum absolute atomic E-state index is 0.144. The standard InChI is InChI=1S/C14H18ClN3S/c1-3-18-14(10(15)8-17-18)13(16-2)12-7-9-5-4-6-11(9)19-12/h7-8,13,16H,3-6H2,1-2H3. The van der Waals surface area contributed by atoms with Gasteiger partial charge in [0.25, 0.3) is 0 Å². The van der Waals surface area contributed by atoms with E-state index in [1.165, 1.54) is 29.7 Å². The van der Waals surface area contributed by atoms with Gasteiger partial charge in [-0.05, 0) is 44.9 Å². The molecule has 0 saturated heterocycles. The van der Waals surface area contributed by atoms with Crippen LogP contribution in [0.4, 0.5) is 0 Å². The fourth-order valence-corrected chi connectivity index (χ4v) is 4.44. The van der Waals surface area contributed by atoms with Crippen LogP contribution >= 0.6 is 22.9 Å². The predicted octanol–water partition coefficient (Wildman–Crippen LogP) is 3.42. The van der Waals surface area contributed by atoms with Crippen LogP contribution < -0.4 is 5.32 Å². The first-order chi connectivity index (χ1) is 9.24. The van der Waals surface area contributed by atoms with Gasteiger partial charge in [-0.3, -0.25) is 4.68 Å². The average Bonchev–Trinajstić information content (AvgIpc) is 3.06. The molecule has 19 heavy (non-hydrogen) atoms. The number of thiophene rings is 1. The lowest BCUT2D eigenvalue weighted by molar-refractivity contribution is 0.567. The first-order valence-electron chi connectivity index (χ1n) is 6.74. The molecule has 0 saturated carbocycles. The number of aryl methyl sites for hydroxylation is 3. The zero-order valence-corrected chi connectivity index (χ0v) is 12.8. The van der Waals surface area contributed by atoms with Gasteiger partial charge in [-0.15, -0.1) is 11.3 Å². The number of nitrogens with one attached hydrogen (secondary N) is 1. The molecule has 5 heteroatoms. The van der Waals surface area contributed by atoms with Crippen molar-refractivity contribution in [3.05, 3.63) is 38.3 Å². The molecular formula is C14H18ClN3S. The SMILES string of the molecule is CCn1ncc(Cl)c1C(NC)c1cc2c(s1)CCC2. The minimum Gasteiger partial charge on any atom is -0.307 e. The number of nitrogens with zero attached hydrogens (tertiary/aromatic N) is 2. The van der Waals surface area contributed by atoms with E-state index in [1.807, 2.05) is 23.1 Å². The highest BCUT2D eigenvalue weighted by atomic mass is 35.5. The van der Waals surface area contributed by atoms with Crippen LogP contribution in [0.2, 0.25) is 5.02 Å². The van der Waals surface area contributed by atoms with Crippen molar-refractivity contribution in [1.82, 2.24) is 15.1 Å². The zero-order chi connectivity index (χ0) is 13.4. The molecule has 3 rings (SSSR count). The van der Waals surface area contributed by atoms with Crippen LogP contribution in [0.15, 0.2) is 12.3 Å². The summed E-state index contributed by atoms with van der Waals surface area (Å²) in [6.07, 6.45) is 5.51. The molecule has 1 aliphatic rings. The Morgan fingerprint density at radius 1 is 1.53 bits per heavy atom. The minimum atomic E-state index is 0.144. The van der Waals surface area contributed by atoms with Crippen LogP contribution in [-0.4, -0.2) is 16.8 Å². The van der Waals surface area contributed by atoms with Gasteiger partial charge >= 0.3 is 0 Å². The fraction of sp³-hybridized carbons (Fsp3) is 0.500. The molecule has 2 heterocycles. The summed E-state index contributed by atoms with van der Waals surface area (Å²) in [7, 11) is 1.98. The monoisotopic (exact) mass is 295 g/mol. The second-order valence-corrected chi connectivity index (χ2v) is 6.44. The molecule has 3 nitrogen and oxygen atoms in total. The van der Waals surface area contributed by atoms with Crippen molar-refractivity contribution in [3.63, 3.8) is 0 Å². The summed E-state index contributed by atoms with van der Waals surface area (Å²) in [4.78, 5) is 2.90. The predicted molar refractivity (Wildman–Crippen MR) is 80.2 cm³/mol. The largest absolute Gasteiger partial charge is 0.307 e. The smallest absolute Gasteiger partial charge is 0.0854 e. The third-order valence-corrected chi connectivity index (χ3v) is 5.34. The number of aromatic nitrogens is 2. The highest BCUT2D eigenvalue weighted by Crippen LogP contribution is 2.37. The lowest BCUT2D eigenvalue weighted by Gasteiger charge is -2.17. The molecular weight excluding hydrogens is 278 g/mol. The van der Waals surface area contributed by atoms with Gasteiger partial charge in [0.1, 0.15) is 0 Å². The molecule has 0 bridgehead atoms. The Labute approximate surface area is 122 Å². The second kappa shape index (κ2) is 5.27. The Morgan fingerprint density at radius 2 is 2.37 bits per heavy atom. The molecule has 0 radical (unpaired) electrons. The number of hydrogen-bond donors (Lipinski definition) is 1. The number of hydrogen-bond acceptors (Lipinski definition) is 3. The lowest BCUT2D eigenvalue weighted by Crippen LogP contribution is -2.21. The summed E-state index contributed by atoms with van der Waals surface area (Å²) in [5, 5.41) is 8.48. The van der Waals surface area contributed by atoms with Gasteiger partial charge in [-0.2, -0.15) is 5.10 Å². The summed E-state index contributed by atoms with van der Waals surface area (Å²) >= 11 is 8.24. The van der Waals surface area contributed by atoms with Crippen molar-refractivity contribution < 1.29 is 0 Å². The molecule has 2 aromatic rings. The van der Waals surface area contributed by atoms with Crippen molar-refractivity contribution in [1.29, 1.82) is 0 Å². The first-order valence-corrected chi connectivity index (χ1v) is 7.94. The van der Waals surface area contributed by atoms with E-state index in [4.69, 9.17) is 11.6 Å². The van der Waals surface area contributed by atoms with Crippen molar-refractivity contribution in [2.75, 3.05) is 7.05 Å². The summed E-state index contributed by atoms with van der Waals surface area (Å²) in [5.41, 5.74) is 2.60. The number of halogens is 1. The van der Waals surface area contributed by atoms with E-state index in [1.54, 1.807) is 11.1 Å². The summed E-state index contributed by atoms with van der Waals surface area (Å²) in [6.45, 7) is 2.93. The quantitative estimate of drug-likeness (QED) is 0.937. The topological polar surface area (TPSA) is 29.9 Å². The van der Waals surface area contributed by atoms with E-state index < -0.39 is 0 Å². The van der Waals surface area contributed by atoms with Crippen LogP contribution in [0, 0.1) is 0 Å². The molecule has 0 aromatic carbocycles. The molecule has 1 unspecified atom stereocenters. The van der Waals surface area contributed by atoms with Gasteiger partial charge in [0.05, 0.1) is 23.0 Å². The Hall–Kier alpha value is -0.840. The summed E-state index contributed by atoms with van der Waals surface area (Å²) in [6, 6.07) is 2.49. The third-order valence-electron chi connectivity index (χ3n) is 3.75. The molecule has 0 spiro atoms. The maximum absolute atomic E-state index is 6.32. The van der Waals surface area contributed by atoms with Crippen LogP contribution in [0.25, 0.3) is 0 Å². The number of fused-ring (bicyclic) bond motifs is 1. The van der Waals surface area contributed by atoms with Crippen LogP contribution in [0.5, 0.6) is 0 Å². The first kappa shape index (κ1) is 13.2. The van der Waals surface area contributed by atoms with E-state index in [2.05, 4.69) is 23.4 Å². The molecule has 102 valence electrons. The normalized spacial score (nSPS) is 15.7. The van der Waals surface area contributed by atoms with E-state index in [0.29, 0.717) is 0 Å². The summed E-state index contributed by atoms with van der Waals surface area (Å²) in [5.74, 6) is 0. The van der Waals surface area contributed by atoms with Gasteiger partial charge in [0.2, 0.25) is 0 Å². The van der Waals surface area contributed by atoms with Crippen LogP contribution in [-0.2, 0) is 19.4 Å². The number of rotatable bonds is 4.